The van der Waals surface area contributed by atoms with E-state index >= 15 is 0 Å². The number of hydrogen-bond donors (Lipinski definition) is 1. The minimum absolute atomic E-state index is 0.188. The Morgan fingerprint density at radius 1 is 1.24 bits per heavy atom. The lowest BCUT2D eigenvalue weighted by Gasteiger charge is -2.30. The summed E-state index contributed by atoms with van der Waals surface area (Å²) < 4.78 is 13.0. The van der Waals surface area contributed by atoms with Gasteiger partial charge in [-0.05, 0) is 30.5 Å². The third-order valence-electron chi connectivity index (χ3n) is 4.73. The maximum absolute atomic E-state index is 13.0. The van der Waals surface area contributed by atoms with Crippen molar-refractivity contribution in [2.45, 2.75) is 32.1 Å². The van der Waals surface area contributed by atoms with Crippen LogP contribution in [0.15, 0.2) is 24.3 Å². The first-order chi connectivity index (χ1) is 12.0. The minimum Gasteiger partial charge on any atom is -0.359 e. The zero-order valence-corrected chi connectivity index (χ0v) is 15.4. The molecule has 1 aliphatic rings. The van der Waals surface area contributed by atoms with Gasteiger partial charge < -0.3 is 10.2 Å². The van der Waals surface area contributed by atoms with E-state index < -0.39 is 0 Å². The fourth-order valence-corrected chi connectivity index (χ4v) is 4.18. The highest BCUT2D eigenvalue weighted by Gasteiger charge is 2.42. The smallest absolute Gasteiger partial charge is 0.230 e. The van der Waals surface area contributed by atoms with Crippen LogP contribution in [0.25, 0.3) is 0 Å². The number of rotatable bonds is 6. The van der Waals surface area contributed by atoms with Crippen LogP contribution in [0, 0.1) is 11.2 Å². The molecule has 0 radical (unpaired) electrons. The van der Waals surface area contributed by atoms with Gasteiger partial charge >= 0.3 is 0 Å². The number of aromatic nitrogens is 2. The lowest BCUT2D eigenvalue weighted by atomic mass is 9.84. The van der Waals surface area contributed by atoms with Crippen LogP contribution < -0.4 is 5.32 Å². The predicted molar refractivity (Wildman–Crippen MR) is 97.2 cm³/mol. The first-order valence-electron chi connectivity index (χ1n) is 8.51. The van der Waals surface area contributed by atoms with E-state index in [-0.39, 0.29) is 17.1 Å². The molecule has 0 bridgehead atoms. The molecule has 5 nitrogen and oxygen atoms in total. The number of carbonyl (C=O) groups excluding carboxylic acids is 1. The molecule has 1 saturated carbocycles. The Bertz CT molecular complexity index is 723. The number of halogens is 1. The number of hydrogen-bond acceptors (Lipinski definition) is 5. The van der Waals surface area contributed by atoms with Crippen molar-refractivity contribution in [3.05, 3.63) is 40.7 Å². The monoisotopic (exact) mass is 362 g/mol. The standard InChI is InChI=1S/C18H23FN4OS/c1-23(2)16(24)18(9-3-4-10-18)12-20-17-22-21-15(25-17)11-13-5-7-14(19)8-6-13/h5-8H,3-4,9-12H2,1-2H3,(H,20,22). The van der Waals surface area contributed by atoms with Crippen molar-refractivity contribution in [1.82, 2.24) is 15.1 Å². The predicted octanol–water partition coefficient (Wildman–Crippen LogP) is 3.33. The maximum atomic E-state index is 13.0. The lowest BCUT2D eigenvalue weighted by molar-refractivity contribution is -0.138. The zero-order valence-electron chi connectivity index (χ0n) is 14.6. The van der Waals surface area contributed by atoms with Crippen LogP contribution in [0.1, 0.15) is 36.3 Å². The molecule has 1 aromatic heterocycles. The number of carbonyl (C=O) groups is 1. The van der Waals surface area contributed by atoms with E-state index in [2.05, 4.69) is 15.5 Å². The van der Waals surface area contributed by atoms with Gasteiger partial charge in [0, 0.05) is 27.1 Å². The Balaban J connectivity index is 1.62. The van der Waals surface area contributed by atoms with Crippen molar-refractivity contribution >= 4 is 22.4 Å². The number of benzene rings is 1. The molecule has 1 N–H and O–H groups in total. The first kappa shape index (κ1) is 17.8. The van der Waals surface area contributed by atoms with Crippen LogP contribution in [0.4, 0.5) is 9.52 Å². The van der Waals surface area contributed by atoms with Gasteiger partial charge in [-0.25, -0.2) is 4.39 Å². The molecule has 0 spiro atoms. The topological polar surface area (TPSA) is 58.1 Å². The zero-order chi connectivity index (χ0) is 17.9. The van der Waals surface area contributed by atoms with Crippen molar-refractivity contribution in [2.24, 2.45) is 5.41 Å². The third-order valence-corrected chi connectivity index (χ3v) is 5.61. The average molecular weight is 362 g/mol. The van der Waals surface area contributed by atoms with Gasteiger partial charge in [0.15, 0.2) is 0 Å². The Kier molecular flexibility index (Phi) is 5.32. The van der Waals surface area contributed by atoms with Gasteiger partial charge in [-0.15, -0.1) is 10.2 Å². The highest BCUT2D eigenvalue weighted by atomic mass is 32.1. The van der Waals surface area contributed by atoms with Gasteiger partial charge in [0.2, 0.25) is 11.0 Å². The summed E-state index contributed by atoms with van der Waals surface area (Å²) in [5.74, 6) is -0.0515. The fourth-order valence-electron chi connectivity index (χ4n) is 3.41. The molecule has 1 fully saturated rings. The fraction of sp³-hybridized carbons (Fsp3) is 0.500. The molecule has 7 heteroatoms. The lowest BCUT2D eigenvalue weighted by Crippen LogP contribution is -2.43. The molecule has 0 saturated heterocycles. The second kappa shape index (κ2) is 7.47. The van der Waals surface area contributed by atoms with Crippen LogP contribution in [0.3, 0.4) is 0 Å². The number of anilines is 1. The summed E-state index contributed by atoms with van der Waals surface area (Å²) in [6.45, 7) is 0.592. The summed E-state index contributed by atoms with van der Waals surface area (Å²) in [6, 6.07) is 6.42. The highest BCUT2D eigenvalue weighted by Crippen LogP contribution is 2.39. The van der Waals surface area contributed by atoms with Crippen molar-refractivity contribution in [3.63, 3.8) is 0 Å². The number of amides is 1. The van der Waals surface area contributed by atoms with Crippen molar-refractivity contribution in [2.75, 3.05) is 26.0 Å². The Morgan fingerprint density at radius 2 is 1.92 bits per heavy atom. The molecule has 0 atom stereocenters. The summed E-state index contributed by atoms with van der Waals surface area (Å²) in [7, 11) is 3.63. The summed E-state index contributed by atoms with van der Waals surface area (Å²) in [6.07, 6.45) is 4.64. The molecule has 1 aliphatic carbocycles. The van der Waals surface area contributed by atoms with E-state index in [1.165, 1.54) is 23.5 Å². The Labute approximate surface area is 151 Å². The van der Waals surface area contributed by atoms with E-state index in [0.717, 1.165) is 41.4 Å². The molecule has 1 heterocycles. The second-order valence-corrected chi connectivity index (χ2v) is 7.91. The number of nitrogens with one attached hydrogen (secondary N) is 1. The quantitative estimate of drug-likeness (QED) is 0.856. The molecule has 25 heavy (non-hydrogen) atoms. The first-order valence-corrected chi connectivity index (χ1v) is 9.33. The summed E-state index contributed by atoms with van der Waals surface area (Å²) in [5, 5.41) is 13.3. The van der Waals surface area contributed by atoms with Crippen molar-refractivity contribution in [3.8, 4) is 0 Å². The normalized spacial score (nSPS) is 16.0. The van der Waals surface area contributed by atoms with Crippen LogP contribution in [0.2, 0.25) is 0 Å². The van der Waals surface area contributed by atoms with E-state index in [4.69, 9.17) is 0 Å². The van der Waals surface area contributed by atoms with Gasteiger partial charge in [0.25, 0.3) is 0 Å². The van der Waals surface area contributed by atoms with Crippen LogP contribution >= 0.6 is 11.3 Å². The third kappa shape index (κ3) is 4.15. The summed E-state index contributed by atoms with van der Waals surface area (Å²) in [5.41, 5.74) is 0.672. The SMILES string of the molecule is CN(C)C(=O)C1(CNc2nnc(Cc3ccc(F)cc3)s2)CCCC1. The van der Waals surface area contributed by atoms with E-state index in [1.54, 1.807) is 17.0 Å². The molecule has 134 valence electrons. The molecular formula is C18H23FN4OS. The molecule has 1 amide bonds. The van der Waals surface area contributed by atoms with Gasteiger partial charge in [-0.3, -0.25) is 4.79 Å². The van der Waals surface area contributed by atoms with Crippen LogP contribution in [-0.2, 0) is 11.2 Å². The number of nitrogens with zero attached hydrogens (tertiary/aromatic N) is 3. The van der Waals surface area contributed by atoms with Gasteiger partial charge in [0.05, 0.1) is 5.41 Å². The van der Waals surface area contributed by atoms with Crippen LogP contribution in [0.5, 0.6) is 0 Å². The summed E-state index contributed by atoms with van der Waals surface area (Å²) >= 11 is 1.48. The van der Waals surface area contributed by atoms with Crippen molar-refractivity contribution in [1.29, 1.82) is 0 Å². The van der Waals surface area contributed by atoms with E-state index in [0.29, 0.717) is 13.0 Å². The highest BCUT2D eigenvalue weighted by molar-refractivity contribution is 7.15. The molecular weight excluding hydrogens is 339 g/mol. The minimum atomic E-state index is -0.327. The Morgan fingerprint density at radius 3 is 2.56 bits per heavy atom. The molecule has 1 aromatic carbocycles. The summed E-state index contributed by atoms with van der Waals surface area (Å²) in [4.78, 5) is 14.3. The largest absolute Gasteiger partial charge is 0.359 e. The van der Waals surface area contributed by atoms with E-state index in [1.807, 2.05) is 14.1 Å². The second-order valence-electron chi connectivity index (χ2n) is 6.84. The molecule has 3 rings (SSSR count). The Hall–Kier alpha value is -2.02. The van der Waals surface area contributed by atoms with Crippen LogP contribution in [-0.4, -0.2) is 41.6 Å². The van der Waals surface area contributed by atoms with Gasteiger partial charge in [-0.1, -0.05) is 36.3 Å². The van der Waals surface area contributed by atoms with Gasteiger partial charge in [-0.2, -0.15) is 0 Å². The van der Waals surface area contributed by atoms with Crippen molar-refractivity contribution < 1.29 is 9.18 Å². The molecule has 0 aliphatic heterocycles. The van der Waals surface area contributed by atoms with E-state index in [9.17, 15) is 9.18 Å². The molecule has 0 unspecified atom stereocenters. The molecule has 2 aromatic rings. The maximum Gasteiger partial charge on any atom is 0.230 e. The van der Waals surface area contributed by atoms with Gasteiger partial charge in [0.1, 0.15) is 10.8 Å². The average Bonchev–Trinajstić information content (AvgIpc) is 3.24.